The highest BCUT2D eigenvalue weighted by atomic mass is 35.5. The van der Waals surface area contributed by atoms with Crippen molar-refractivity contribution in [1.29, 1.82) is 0 Å². The van der Waals surface area contributed by atoms with Crippen LogP contribution in [0.3, 0.4) is 0 Å². The van der Waals surface area contributed by atoms with Gasteiger partial charge in [0.05, 0.1) is 15.0 Å². The molecule has 3 rings (SSSR count). The topological polar surface area (TPSA) is 56.0 Å². The van der Waals surface area contributed by atoms with Gasteiger partial charge in [0.2, 0.25) is 5.89 Å². The van der Waals surface area contributed by atoms with Gasteiger partial charge in [-0.15, -0.1) is 21.5 Å². The Bertz CT molecular complexity index is 796. The normalized spacial score (nSPS) is 10.8. The van der Waals surface area contributed by atoms with E-state index < -0.39 is 0 Å². The van der Waals surface area contributed by atoms with E-state index in [-0.39, 0.29) is 11.5 Å². The van der Waals surface area contributed by atoms with E-state index in [1.165, 1.54) is 23.1 Å². The summed E-state index contributed by atoms with van der Waals surface area (Å²) in [5.74, 6) is 0.693. The van der Waals surface area contributed by atoms with Crippen molar-refractivity contribution in [3.63, 3.8) is 0 Å². The van der Waals surface area contributed by atoms with E-state index in [0.29, 0.717) is 20.3 Å². The lowest BCUT2D eigenvalue weighted by Crippen LogP contribution is -1.98. The Hall–Kier alpha value is -1.63. The van der Waals surface area contributed by atoms with Gasteiger partial charge in [0.25, 0.3) is 5.22 Å². The molecule has 1 aromatic carbocycles. The number of halogens is 1. The molecule has 0 N–H and O–H groups in total. The maximum Gasteiger partial charge on any atom is 0.277 e. The van der Waals surface area contributed by atoms with Gasteiger partial charge in [-0.2, -0.15) is 0 Å². The van der Waals surface area contributed by atoms with Gasteiger partial charge in [0.15, 0.2) is 5.78 Å². The van der Waals surface area contributed by atoms with Crippen LogP contribution in [0.1, 0.15) is 15.2 Å². The van der Waals surface area contributed by atoms with Gasteiger partial charge < -0.3 is 4.42 Å². The highest BCUT2D eigenvalue weighted by molar-refractivity contribution is 7.99. The molecule has 0 saturated heterocycles. The van der Waals surface area contributed by atoms with Crippen LogP contribution < -0.4 is 0 Å². The number of carbonyl (C=O) groups excluding carboxylic acids is 1. The maximum absolute atomic E-state index is 12.0. The Labute approximate surface area is 140 Å². The standard InChI is InChI=1S/C15H11ClN2O2S2/c1-9-2-4-10(5-3-9)14-17-18-15(20-14)21-8-11(19)12-6-7-13(16)22-12/h2-7H,8H2,1H3. The second-order valence-corrected chi connectivity index (χ2v) is 7.20. The zero-order valence-corrected chi connectivity index (χ0v) is 14.0. The van der Waals surface area contributed by atoms with Crippen molar-refractivity contribution in [2.45, 2.75) is 12.1 Å². The maximum atomic E-state index is 12.0. The van der Waals surface area contributed by atoms with E-state index >= 15 is 0 Å². The fourth-order valence-corrected chi connectivity index (χ4v) is 3.46. The molecule has 0 saturated carbocycles. The Morgan fingerprint density at radius 2 is 2.00 bits per heavy atom. The van der Waals surface area contributed by atoms with Crippen molar-refractivity contribution in [2.75, 3.05) is 5.75 Å². The second kappa shape index (κ2) is 6.64. The summed E-state index contributed by atoms with van der Waals surface area (Å²) in [5, 5.41) is 8.34. The number of nitrogens with zero attached hydrogens (tertiary/aromatic N) is 2. The molecule has 4 nitrogen and oxygen atoms in total. The molecule has 0 fully saturated rings. The summed E-state index contributed by atoms with van der Waals surface area (Å²) in [6, 6.07) is 11.3. The van der Waals surface area contributed by atoms with Crippen molar-refractivity contribution in [1.82, 2.24) is 10.2 Å². The molecule has 0 unspecified atom stereocenters. The van der Waals surface area contributed by atoms with Crippen LogP contribution in [0.15, 0.2) is 46.0 Å². The highest BCUT2D eigenvalue weighted by Crippen LogP contribution is 2.26. The third-order valence-corrected chi connectivity index (χ3v) is 4.97. The zero-order chi connectivity index (χ0) is 15.5. The lowest BCUT2D eigenvalue weighted by molar-refractivity contribution is 0.102. The van der Waals surface area contributed by atoms with Gasteiger partial charge in [-0.25, -0.2) is 0 Å². The molecule has 0 spiro atoms. The molecular weight excluding hydrogens is 340 g/mol. The van der Waals surface area contributed by atoms with Crippen LogP contribution in [0.25, 0.3) is 11.5 Å². The number of aryl methyl sites for hydroxylation is 1. The molecule has 0 aliphatic rings. The summed E-state index contributed by atoms with van der Waals surface area (Å²) in [6.45, 7) is 2.02. The van der Waals surface area contributed by atoms with Crippen molar-refractivity contribution in [3.8, 4) is 11.5 Å². The number of thiophene rings is 1. The molecule has 0 bridgehead atoms. The number of aromatic nitrogens is 2. The summed E-state index contributed by atoms with van der Waals surface area (Å²) < 4.78 is 6.17. The quantitative estimate of drug-likeness (QED) is 0.491. The monoisotopic (exact) mass is 350 g/mol. The Morgan fingerprint density at radius 3 is 2.68 bits per heavy atom. The Balaban J connectivity index is 1.64. The molecule has 2 heterocycles. The number of hydrogen-bond donors (Lipinski definition) is 0. The van der Waals surface area contributed by atoms with Crippen molar-refractivity contribution >= 4 is 40.5 Å². The van der Waals surface area contributed by atoms with Crippen molar-refractivity contribution in [3.05, 3.63) is 51.2 Å². The third kappa shape index (κ3) is 3.58. The van der Waals surface area contributed by atoms with Crippen LogP contribution in [0.2, 0.25) is 4.34 Å². The van der Waals surface area contributed by atoms with Gasteiger partial charge in [-0.1, -0.05) is 41.1 Å². The van der Waals surface area contributed by atoms with Crippen LogP contribution in [0.4, 0.5) is 0 Å². The van der Waals surface area contributed by atoms with E-state index in [1.54, 1.807) is 12.1 Å². The van der Waals surface area contributed by atoms with E-state index in [0.717, 1.165) is 11.1 Å². The molecular formula is C15H11ClN2O2S2. The molecule has 112 valence electrons. The first kappa shape index (κ1) is 15.3. The SMILES string of the molecule is Cc1ccc(-c2nnc(SCC(=O)c3ccc(Cl)s3)o2)cc1. The molecule has 0 amide bonds. The number of Topliss-reactive ketones (excluding diaryl/α,β-unsaturated/α-hetero) is 1. The molecule has 0 radical (unpaired) electrons. The lowest BCUT2D eigenvalue weighted by Gasteiger charge is -1.96. The number of rotatable bonds is 5. The summed E-state index contributed by atoms with van der Waals surface area (Å²) in [6.07, 6.45) is 0. The van der Waals surface area contributed by atoms with Crippen LogP contribution in [0.5, 0.6) is 0 Å². The average molecular weight is 351 g/mol. The molecule has 3 aromatic rings. The first-order valence-corrected chi connectivity index (χ1v) is 8.62. The Morgan fingerprint density at radius 1 is 1.23 bits per heavy atom. The fraction of sp³-hybridized carbons (Fsp3) is 0.133. The number of hydrogen-bond acceptors (Lipinski definition) is 6. The van der Waals surface area contributed by atoms with Crippen LogP contribution in [0, 0.1) is 6.92 Å². The summed E-state index contributed by atoms with van der Waals surface area (Å²) in [5.41, 5.74) is 2.03. The van der Waals surface area contributed by atoms with Crippen molar-refractivity contribution < 1.29 is 9.21 Å². The zero-order valence-electron chi connectivity index (χ0n) is 11.6. The van der Waals surface area contributed by atoms with Gasteiger partial charge >= 0.3 is 0 Å². The third-order valence-electron chi connectivity index (χ3n) is 2.88. The fourth-order valence-electron chi connectivity index (χ4n) is 1.74. The molecule has 22 heavy (non-hydrogen) atoms. The van der Waals surface area contributed by atoms with Gasteiger partial charge in [-0.05, 0) is 31.2 Å². The lowest BCUT2D eigenvalue weighted by atomic mass is 10.1. The van der Waals surface area contributed by atoms with E-state index in [1.807, 2.05) is 31.2 Å². The van der Waals surface area contributed by atoms with Crippen molar-refractivity contribution in [2.24, 2.45) is 0 Å². The predicted molar refractivity (Wildman–Crippen MR) is 88.9 cm³/mol. The van der Waals surface area contributed by atoms with Crippen LogP contribution >= 0.6 is 34.7 Å². The second-order valence-electron chi connectivity index (χ2n) is 4.55. The minimum Gasteiger partial charge on any atom is -0.411 e. The molecule has 2 aromatic heterocycles. The minimum atomic E-state index is -0.00279. The predicted octanol–water partition coefficient (Wildman–Crippen LogP) is 4.73. The summed E-state index contributed by atoms with van der Waals surface area (Å²) in [7, 11) is 0. The molecule has 0 aliphatic carbocycles. The molecule has 0 atom stereocenters. The van der Waals surface area contributed by atoms with E-state index in [4.69, 9.17) is 16.0 Å². The highest BCUT2D eigenvalue weighted by Gasteiger charge is 2.13. The number of benzene rings is 1. The smallest absolute Gasteiger partial charge is 0.277 e. The molecule has 0 aliphatic heterocycles. The summed E-state index contributed by atoms with van der Waals surface area (Å²) >= 11 is 8.32. The molecule has 7 heteroatoms. The number of thioether (sulfide) groups is 1. The number of carbonyl (C=O) groups is 1. The first-order chi connectivity index (χ1) is 10.6. The van der Waals surface area contributed by atoms with Crippen LogP contribution in [-0.4, -0.2) is 21.7 Å². The van der Waals surface area contributed by atoms with Gasteiger partial charge in [0, 0.05) is 5.56 Å². The van der Waals surface area contributed by atoms with E-state index in [9.17, 15) is 4.79 Å². The van der Waals surface area contributed by atoms with Gasteiger partial charge in [-0.3, -0.25) is 4.79 Å². The first-order valence-electron chi connectivity index (χ1n) is 6.44. The van der Waals surface area contributed by atoms with Gasteiger partial charge in [0.1, 0.15) is 0 Å². The Kier molecular flexibility index (Phi) is 4.61. The largest absolute Gasteiger partial charge is 0.411 e. The summed E-state index contributed by atoms with van der Waals surface area (Å²) in [4.78, 5) is 12.6. The number of ketones is 1. The minimum absolute atomic E-state index is 0.00279. The van der Waals surface area contributed by atoms with Crippen LogP contribution in [-0.2, 0) is 0 Å². The average Bonchev–Trinajstić information content (AvgIpc) is 3.15. The van der Waals surface area contributed by atoms with E-state index in [2.05, 4.69) is 10.2 Å².